The molecule has 152 valence electrons. The molecule has 4 heteroatoms. The summed E-state index contributed by atoms with van der Waals surface area (Å²) in [5.41, 5.74) is 5.83. The molecule has 30 heavy (non-hydrogen) atoms. The fraction of sp³-hybridized carbons (Fsp3) is 0.269. The van der Waals surface area contributed by atoms with Crippen LogP contribution in [0.4, 0.5) is 17.1 Å². The Morgan fingerprint density at radius 3 is 1.80 bits per heavy atom. The van der Waals surface area contributed by atoms with Gasteiger partial charge in [0.25, 0.3) is 0 Å². The lowest BCUT2D eigenvalue weighted by Crippen LogP contribution is -2.49. The number of carbonyl (C=O) groups excluding carboxylic acids is 1. The minimum Gasteiger partial charge on any atom is -0.369 e. The van der Waals surface area contributed by atoms with E-state index in [1.807, 2.05) is 17.0 Å². The van der Waals surface area contributed by atoms with E-state index in [0.29, 0.717) is 6.54 Å². The average Bonchev–Trinajstić information content (AvgIpc) is 2.97. The number of nitrogens with zero attached hydrogens (tertiary/aromatic N) is 3. The summed E-state index contributed by atoms with van der Waals surface area (Å²) in [6, 6.07) is 27.2. The Balaban J connectivity index is 1.34. The first kappa shape index (κ1) is 18.9. The van der Waals surface area contributed by atoms with E-state index in [0.717, 1.165) is 50.4 Å². The lowest BCUT2D eigenvalue weighted by molar-refractivity contribution is -0.119. The number of rotatable bonds is 3. The molecule has 3 aromatic carbocycles. The van der Waals surface area contributed by atoms with Gasteiger partial charge in [-0.25, -0.2) is 0 Å². The van der Waals surface area contributed by atoms with Gasteiger partial charge >= 0.3 is 0 Å². The lowest BCUT2D eigenvalue weighted by Gasteiger charge is -2.36. The molecule has 1 amide bonds. The molecule has 2 aliphatic heterocycles. The van der Waals surface area contributed by atoms with Gasteiger partial charge in [0.15, 0.2) is 0 Å². The first-order chi connectivity index (χ1) is 14.8. The van der Waals surface area contributed by atoms with Crippen LogP contribution in [0.25, 0.3) is 0 Å². The smallest absolute Gasteiger partial charge is 0.245 e. The zero-order chi connectivity index (χ0) is 20.3. The number of amides is 1. The number of hydrogen-bond acceptors (Lipinski definition) is 3. The normalized spacial score (nSPS) is 16.5. The van der Waals surface area contributed by atoms with Crippen molar-refractivity contribution in [3.8, 4) is 0 Å². The Labute approximate surface area is 178 Å². The highest BCUT2D eigenvalue weighted by Crippen LogP contribution is 2.36. The van der Waals surface area contributed by atoms with E-state index in [2.05, 4.69) is 76.5 Å². The number of aryl methyl sites for hydroxylation is 2. The van der Waals surface area contributed by atoms with Crippen molar-refractivity contribution in [2.75, 3.05) is 42.5 Å². The van der Waals surface area contributed by atoms with Crippen molar-refractivity contribution >= 4 is 23.0 Å². The average molecular weight is 398 g/mol. The molecule has 0 atom stereocenters. The Kier molecular flexibility index (Phi) is 5.24. The summed E-state index contributed by atoms with van der Waals surface area (Å²) in [5, 5.41) is 0. The standard InChI is InChI=1S/C26H27N3O/c30-26(20-27-16-18-28(19-17-27)23-10-2-1-3-11-23)29-24-12-6-4-8-21(24)14-15-22-9-5-7-13-25(22)29/h1-13H,14-20H2. The topological polar surface area (TPSA) is 26.8 Å². The molecule has 0 unspecified atom stereocenters. The largest absolute Gasteiger partial charge is 0.369 e. The number of para-hydroxylation sites is 3. The van der Waals surface area contributed by atoms with Crippen LogP contribution in [0.2, 0.25) is 0 Å². The molecule has 3 aromatic rings. The van der Waals surface area contributed by atoms with E-state index in [9.17, 15) is 4.79 Å². The molecule has 0 aromatic heterocycles. The van der Waals surface area contributed by atoms with Crippen LogP contribution in [-0.2, 0) is 17.6 Å². The van der Waals surface area contributed by atoms with Gasteiger partial charge in [0.1, 0.15) is 0 Å². The van der Waals surface area contributed by atoms with Gasteiger partial charge in [-0.3, -0.25) is 14.6 Å². The number of carbonyl (C=O) groups is 1. The molecule has 0 N–H and O–H groups in total. The fourth-order valence-electron chi connectivity index (χ4n) is 4.61. The summed E-state index contributed by atoms with van der Waals surface area (Å²) < 4.78 is 0. The van der Waals surface area contributed by atoms with Gasteiger partial charge in [-0.15, -0.1) is 0 Å². The molecule has 0 aliphatic carbocycles. The lowest BCUT2D eigenvalue weighted by atomic mass is 10.0. The summed E-state index contributed by atoms with van der Waals surface area (Å²) in [6.45, 7) is 4.15. The highest BCUT2D eigenvalue weighted by Gasteiger charge is 2.28. The zero-order valence-corrected chi connectivity index (χ0v) is 17.2. The minimum atomic E-state index is 0.157. The maximum atomic E-state index is 13.6. The second-order valence-electron chi connectivity index (χ2n) is 8.09. The third-order valence-corrected chi connectivity index (χ3v) is 6.23. The maximum Gasteiger partial charge on any atom is 0.245 e. The number of fused-ring (bicyclic) bond motifs is 2. The van der Waals surface area contributed by atoms with Crippen molar-refractivity contribution in [3.63, 3.8) is 0 Å². The van der Waals surface area contributed by atoms with Crippen LogP contribution < -0.4 is 9.80 Å². The van der Waals surface area contributed by atoms with Crippen LogP contribution in [0.15, 0.2) is 78.9 Å². The first-order valence-corrected chi connectivity index (χ1v) is 10.8. The second-order valence-corrected chi connectivity index (χ2v) is 8.09. The molecule has 0 bridgehead atoms. The highest BCUT2D eigenvalue weighted by molar-refractivity contribution is 6.03. The molecular weight excluding hydrogens is 370 g/mol. The van der Waals surface area contributed by atoms with Crippen LogP contribution >= 0.6 is 0 Å². The summed E-state index contributed by atoms with van der Waals surface area (Å²) in [6.07, 6.45) is 1.93. The third kappa shape index (κ3) is 3.71. The molecule has 0 spiro atoms. The fourth-order valence-corrected chi connectivity index (χ4v) is 4.61. The Hall–Kier alpha value is -3.11. The minimum absolute atomic E-state index is 0.157. The molecule has 0 radical (unpaired) electrons. The van der Waals surface area contributed by atoms with Crippen LogP contribution in [0.5, 0.6) is 0 Å². The number of hydrogen-bond donors (Lipinski definition) is 0. The van der Waals surface area contributed by atoms with E-state index in [1.54, 1.807) is 0 Å². The SMILES string of the molecule is O=C(CN1CCN(c2ccccc2)CC1)N1c2ccccc2CCc2ccccc21. The van der Waals surface area contributed by atoms with E-state index >= 15 is 0 Å². The number of piperazine rings is 1. The first-order valence-electron chi connectivity index (χ1n) is 10.8. The quantitative estimate of drug-likeness (QED) is 0.660. The van der Waals surface area contributed by atoms with Gasteiger partial charge in [0, 0.05) is 31.9 Å². The predicted molar refractivity (Wildman–Crippen MR) is 123 cm³/mol. The third-order valence-electron chi connectivity index (χ3n) is 6.23. The second kappa shape index (κ2) is 8.33. The van der Waals surface area contributed by atoms with Crippen LogP contribution in [0, 0.1) is 0 Å². The summed E-state index contributed by atoms with van der Waals surface area (Å²) in [5.74, 6) is 0.157. The molecule has 2 aliphatic rings. The monoisotopic (exact) mass is 397 g/mol. The van der Waals surface area contributed by atoms with Crippen molar-refractivity contribution in [2.24, 2.45) is 0 Å². The molecule has 4 nitrogen and oxygen atoms in total. The molecule has 5 rings (SSSR count). The van der Waals surface area contributed by atoms with Gasteiger partial charge in [-0.2, -0.15) is 0 Å². The van der Waals surface area contributed by atoms with E-state index in [-0.39, 0.29) is 5.91 Å². The van der Waals surface area contributed by atoms with Crippen LogP contribution in [-0.4, -0.2) is 43.5 Å². The summed E-state index contributed by atoms with van der Waals surface area (Å²) in [7, 11) is 0. The van der Waals surface area contributed by atoms with Gasteiger partial charge in [0.2, 0.25) is 5.91 Å². The zero-order valence-electron chi connectivity index (χ0n) is 17.2. The van der Waals surface area contributed by atoms with Gasteiger partial charge in [-0.05, 0) is 48.2 Å². The molecule has 0 saturated carbocycles. The summed E-state index contributed by atoms with van der Waals surface area (Å²) >= 11 is 0. The molecule has 1 fully saturated rings. The Morgan fingerprint density at radius 1 is 0.667 bits per heavy atom. The van der Waals surface area contributed by atoms with E-state index in [4.69, 9.17) is 0 Å². The van der Waals surface area contributed by atoms with Crippen molar-refractivity contribution < 1.29 is 4.79 Å². The number of anilines is 3. The molecular formula is C26H27N3O. The van der Waals surface area contributed by atoms with Gasteiger partial charge < -0.3 is 4.90 Å². The summed E-state index contributed by atoms with van der Waals surface area (Å²) in [4.78, 5) is 20.2. The van der Waals surface area contributed by atoms with Crippen LogP contribution in [0.3, 0.4) is 0 Å². The highest BCUT2D eigenvalue weighted by atomic mass is 16.2. The van der Waals surface area contributed by atoms with Crippen molar-refractivity contribution in [3.05, 3.63) is 90.0 Å². The van der Waals surface area contributed by atoms with E-state index in [1.165, 1.54) is 16.8 Å². The number of benzene rings is 3. The van der Waals surface area contributed by atoms with E-state index < -0.39 is 0 Å². The van der Waals surface area contributed by atoms with Crippen molar-refractivity contribution in [1.29, 1.82) is 0 Å². The molecule has 2 heterocycles. The molecule has 1 saturated heterocycles. The maximum absolute atomic E-state index is 13.6. The predicted octanol–water partition coefficient (Wildman–Crippen LogP) is 4.27. The van der Waals surface area contributed by atoms with Gasteiger partial charge in [0.05, 0.1) is 17.9 Å². The van der Waals surface area contributed by atoms with Crippen LogP contribution in [0.1, 0.15) is 11.1 Å². The van der Waals surface area contributed by atoms with Gasteiger partial charge in [-0.1, -0.05) is 54.6 Å². The van der Waals surface area contributed by atoms with Crippen molar-refractivity contribution in [1.82, 2.24) is 4.90 Å². The van der Waals surface area contributed by atoms with Crippen molar-refractivity contribution in [2.45, 2.75) is 12.8 Å². The Bertz CT molecular complexity index is 978. The Morgan fingerprint density at radius 2 is 1.20 bits per heavy atom.